The van der Waals surface area contributed by atoms with Gasteiger partial charge < -0.3 is 26.1 Å². The van der Waals surface area contributed by atoms with Gasteiger partial charge in [-0.1, -0.05) is 36.4 Å². The van der Waals surface area contributed by atoms with Gasteiger partial charge in [0.25, 0.3) is 11.6 Å². The van der Waals surface area contributed by atoms with E-state index in [-0.39, 0.29) is 64.6 Å². The molecule has 0 fully saturated rings. The number of rotatable bonds is 11. The zero-order chi connectivity index (χ0) is 31.1. The Hall–Kier alpha value is -4.16. The summed E-state index contributed by atoms with van der Waals surface area (Å²) in [5, 5.41) is 56.3. The molecule has 0 radical (unpaired) electrons. The maximum absolute atomic E-state index is 12.3. The molecule has 3 rings (SSSR count). The zero-order valence-electron chi connectivity index (χ0n) is 23.0. The van der Waals surface area contributed by atoms with E-state index in [9.17, 15) is 40.0 Å². The number of Topliss-reactive ketones (excluding diaryl/α,β-unsaturated/α-hetero) is 1. The number of amides is 2. The van der Waals surface area contributed by atoms with Crippen LogP contribution in [0.5, 0.6) is 5.75 Å². The number of carbonyl (C=O) groups is 3. The second-order valence-electron chi connectivity index (χ2n) is 8.04. The number of nitrogens with zero attached hydrogens (tertiary/aromatic N) is 3. The number of nitrogens with one attached hydrogen (secondary N) is 2. The van der Waals surface area contributed by atoms with Gasteiger partial charge in [0.2, 0.25) is 5.91 Å². The van der Waals surface area contributed by atoms with Crippen molar-refractivity contribution in [1.82, 2.24) is 0 Å². The minimum Gasteiger partial charge on any atom is -0.691 e. The van der Waals surface area contributed by atoms with E-state index in [0.29, 0.717) is 11.4 Å². The number of anilines is 2. The van der Waals surface area contributed by atoms with Crippen molar-refractivity contribution in [3.63, 3.8) is 0 Å². The van der Waals surface area contributed by atoms with Gasteiger partial charge in [0, 0.05) is 23.5 Å². The number of aromatic hydroxyl groups is 1. The average molecular weight is 622 g/mol. The molecule has 4 N–H and O–H groups in total. The molecule has 220 valence electrons. The van der Waals surface area contributed by atoms with Crippen LogP contribution in [0.1, 0.15) is 20.3 Å². The second-order valence-corrected chi connectivity index (χ2v) is 8.78. The number of nitro benzene ring substituents is 1. The van der Waals surface area contributed by atoms with Gasteiger partial charge in [0.05, 0.1) is 28.3 Å². The number of non-ortho nitro benzene ring substituents is 1. The van der Waals surface area contributed by atoms with E-state index in [1.165, 1.54) is 13.8 Å². The quantitative estimate of drug-likeness (QED) is 0.0277. The molecule has 3 aromatic carbocycles. The van der Waals surface area contributed by atoms with E-state index < -0.39 is 39.4 Å². The molecule has 0 aromatic heterocycles. The van der Waals surface area contributed by atoms with Gasteiger partial charge in [0.15, 0.2) is 11.4 Å². The number of para-hydroxylation sites is 2. The van der Waals surface area contributed by atoms with Crippen molar-refractivity contribution in [1.29, 1.82) is 0 Å². The van der Waals surface area contributed by atoms with Gasteiger partial charge in [-0.3, -0.25) is 29.5 Å². The molecule has 15 nitrogen and oxygen atoms in total. The maximum atomic E-state index is 12.3. The second kappa shape index (κ2) is 19.1. The summed E-state index contributed by atoms with van der Waals surface area (Å²) in [7, 11) is 0. The monoisotopic (exact) mass is 621 g/mol. The molecule has 3 aromatic rings. The Bertz CT molecular complexity index is 1470. The molecular formula is C26H24N5NaO10S. The van der Waals surface area contributed by atoms with Crippen LogP contribution in [0, 0.1) is 10.1 Å². The minimum atomic E-state index is -0.803. The largest absolute Gasteiger partial charge is 1.00 e. The first kappa shape index (κ1) is 36.9. The summed E-state index contributed by atoms with van der Waals surface area (Å²) in [5.74, 6) is -2.31. The van der Waals surface area contributed by atoms with Gasteiger partial charge in [-0.2, -0.15) is 4.33 Å². The number of ketones is 1. The molecular weight excluding hydrogens is 597 g/mol. The van der Waals surface area contributed by atoms with Gasteiger partial charge in [-0.25, -0.2) is 0 Å². The first-order valence-corrected chi connectivity index (χ1v) is 12.4. The van der Waals surface area contributed by atoms with E-state index in [0.717, 1.165) is 12.1 Å². The topological polar surface area (TPSA) is 225 Å². The normalized spacial score (nSPS) is 10.9. The predicted octanol–water partition coefficient (Wildman–Crippen LogP) is 1.65. The number of carbonyl (C=O) groups excluding carboxylic acids is 3. The third-order valence-electron chi connectivity index (χ3n) is 4.72. The third-order valence-corrected chi connectivity index (χ3v) is 5.33. The molecule has 0 aliphatic heterocycles. The fourth-order valence-corrected chi connectivity index (χ4v) is 3.38. The first-order chi connectivity index (χ1) is 20.0. The van der Waals surface area contributed by atoms with Crippen LogP contribution < -0.4 is 45.4 Å². The Morgan fingerprint density at radius 1 is 0.977 bits per heavy atom. The number of hydrogen-bond acceptors (Lipinski definition) is 13. The van der Waals surface area contributed by atoms with Crippen molar-refractivity contribution in [3.05, 3.63) is 94.4 Å². The Balaban J connectivity index is 0.000000554. The number of aliphatic hydroxyl groups is 1. The Kier molecular flexibility index (Phi) is 16.4. The summed E-state index contributed by atoms with van der Waals surface area (Å²) in [6, 6.07) is 19.2. The van der Waals surface area contributed by atoms with E-state index in [1.54, 1.807) is 42.5 Å². The third kappa shape index (κ3) is 13.1. The number of hydrogen-bond donors (Lipinski definition) is 4. The summed E-state index contributed by atoms with van der Waals surface area (Å²) in [6.07, 6.45) is -0.0606. The SMILES string of the molecule is CC(=O)CC(=O)Nc1ccccc1.CC(O)=C(N=Nc1cc([N+](=O)[O-])cc(SOO[O-])c1O)C(=O)Nc1ccccc1.[Na+]. The molecule has 0 heterocycles. The van der Waals surface area contributed by atoms with Crippen LogP contribution in [0.3, 0.4) is 0 Å². The van der Waals surface area contributed by atoms with Crippen molar-refractivity contribution in [2.75, 3.05) is 10.6 Å². The fraction of sp³-hybridized carbons (Fsp3) is 0.115. The summed E-state index contributed by atoms with van der Waals surface area (Å²) >= 11 is 0.210. The van der Waals surface area contributed by atoms with Gasteiger partial charge in [-0.05, 0) is 38.1 Å². The molecule has 0 spiro atoms. The van der Waals surface area contributed by atoms with E-state index in [1.807, 2.05) is 18.2 Å². The Morgan fingerprint density at radius 2 is 1.53 bits per heavy atom. The number of phenols is 1. The van der Waals surface area contributed by atoms with E-state index >= 15 is 0 Å². The molecule has 43 heavy (non-hydrogen) atoms. The summed E-state index contributed by atoms with van der Waals surface area (Å²) in [4.78, 5) is 44.0. The molecule has 0 unspecified atom stereocenters. The number of aliphatic hydroxyl groups excluding tert-OH is 1. The summed E-state index contributed by atoms with van der Waals surface area (Å²) in [5.41, 5.74) is -0.267. The number of benzene rings is 3. The molecule has 2 amide bonds. The molecule has 0 saturated heterocycles. The van der Waals surface area contributed by atoms with Gasteiger partial charge in [0.1, 0.15) is 17.2 Å². The van der Waals surface area contributed by atoms with E-state index in [2.05, 4.69) is 30.2 Å². The number of azo groups is 1. The van der Waals surface area contributed by atoms with Crippen LogP contribution in [0.2, 0.25) is 0 Å². The number of allylic oxidation sites excluding steroid dienone is 1. The Morgan fingerprint density at radius 3 is 2.02 bits per heavy atom. The van der Waals surface area contributed by atoms with Crippen LogP contribution in [-0.4, -0.2) is 32.7 Å². The summed E-state index contributed by atoms with van der Waals surface area (Å²) in [6.45, 7) is 2.58. The molecule has 0 aliphatic carbocycles. The molecule has 17 heteroatoms. The van der Waals surface area contributed by atoms with Crippen LogP contribution >= 0.6 is 12.0 Å². The molecule has 0 bridgehead atoms. The smallest absolute Gasteiger partial charge is 0.691 e. The molecule has 0 aliphatic rings. The fourth-order valence-electron chi connectivity index (χ4n) is 2.93. The predicted molar refractivity (Wildman–Crippen MR) is 148 cm³/mol. The van der Waals surface area contributed by atoms with E-state index in [4.69, 9.17) is 0 Å². The van der Waals surface area contributed by atoms with Crippen LogP contribution in [0.4, 0.5) is 22.7 Å². The number of nitro groups is 1. The average Bonchev–Trinajstić information content (AvgIpc) is 2.94. The molecule has 0 saturated carbocycles. The Labute approximate surface area is 271 Å². The van der Waals surface area contributed by atoms with Crippen LogP contribution in [0.15, 0.2) is 99.4 Å². The number of phenolic OH excluding ortho intramolecular Hbond substituents is 1. The maximum Gasteiger partial charge on any atom is 1.00 e. The summed E-state index contributed by atoms with van der Waals surface area (Å²) < 4.78 is 4.05. The zero-order valence-corrected chi connectivity index (χ0v) is 25.9. The van der Waals surface area contributed by atoms with Gasteiger partial charge in [-0.15, -0.1) is 10.2 Å². The van der Waals surface area contributed by atoms with Gasteiger partial charge >= 0.3 is 29.6 Å². The van der Waals surface area contributed by atoms with Crippen LogP contribution in [-0.2, 0) is 23.8 Å². The minimum absolute atomic E-state index is 0. The van der Waals surface area contributed by atoms with Crippen molar-refractivity contribution in [2.24, 2.45) is 10.2 Å². The van der Waals surface area contributed by atoms with Crippen molar-refractivity contribution >= 4 is 52.4 Å². The standard InChI is InChI=1S/C16H14N4O8S.C10H11NO2.Na/c1-9(21)14(16(23)17-10-5-3-2-4-6-10)19-18-12-7-11(20(24)25)8-13(15(12)22)29-28-27-26;1-8(12)7-10(13)11-9-5-3-2-4-6-9;/h2-8,21-22,26H,1H3,(H,17,23);2-6H,7H2,1H3,(H,11,13);/q;;+1/p-1. The first-order valence-electron chi connectivity index (χ1n) is 11.7. The van der Waals surface area contributed by atoms with Crippen molar-refractivity contribution in [2.45, 2.75) is 25.2 Å². The van der Waals surface area contributed by atoms with Crippen LogP contribution in [0.25, 0.3) is 0 Å². The van der Waals surface area contributed by atoms with Crippen molar-refractivity contribution < 1.29 is 73.7 Å². The molecule has 0 atom stereocenters. The van der Waals surface area contributed by atoms with Crippen molar-refractivity contribution in [3.8, 4) is 5.75 Å².